The SMILES string of the molecule is CC(C)(C)Nc1nc(Cc2cccs2)no1. The van der Waals surface area contributed by atoms with E-state index in [4.69, 9.17) is 4.52 Å². The molecule has 0 spiro atoms. The number of hydrogen-bond acceptors (Lipinski definition) is 5. The number of anilines is 1. The Morgan fingerprint density at radius 3 is 2.88 bits per heavy atom. The highest BCUT2D eigenvalue weighted by Crippen LogP contribution is 2.16. The van der Waals surface area contributed by atoms with E-state index in [1.54, 1.807) is 11.3 Å². The van der Waals surface area contributed by atoms with E-state index in [2.05, 4.69) is 42.3 Å². The van der Waals surface area contributed by atoms with Crippen molar-refractivity contribution < 1.29 is 4.52 Å². The molecule has 0 aromatic carbocycles. The van der Waals surface area contributed by atoms with Crippen LogP contribution >= 0.6 is 11.3 Å². The molecule has 0 fully saturated rings. The first kappa shape index (κ1) is 11.1. The molecule has 2 rings (SSSR count). The molecule has 16 heavy (non-hydrogen) atoms. The summed E-state index contributed by atoms with van der Waals surface area (Å²) in [4.78, 5) is 5.53. The van der Waals surface area contributed by atoms with Crippen LogP contribution in [0.5, 0.6) is 0 Å². The minimum absolute atomic E-state index is 0.0628. The zero-order chi connectivity index (χ0) is 11.6. The summed E-state index contributed by atoms with van der Waals surface area (Å²) in [5.41, 5.74) is -0.0628. The number of hydrogen-bond donors (Lipinski definition) is 1. The molecule has 0 aliphatic carbocycles. The predicted molar refractivity (Wildman–Crippen MR) is 64.8 cm³/mol. The normalized spacial score (nSPS) is 11.7. The number of aromatic nitrogens is 2. The zero-order valence-electron chi connectivity index (χ0n) is 9.65. The molecule has 0 radical (unpaired) electrons. The first-order chi connectivity index (χ1) is 7.53. The quantitative estimate of drug-likeness (QED) is 0.891. The fourth-order valence-corrected chi connectivity index (χ4v) is 1.97. The summed E-state index contributed by atoms with van der Waals surface area (Å²) in [5, 5.41) is 9.12. The Morgan fingerprint density at radius 1 is 1.44 bits per heavy atom. The van der Waals surface area contributed by atoms with Gasteiger partial charge in [0.25, 0.3) is 0 Å². The summed E-state index contributed by atoms with van der Waals surface area (Å²) in [6.07, 6.45) is 0.729. The second-order valence-electron chi connectivity index (χ2n) is 4.65. The van der Waals surface area contributed by atoms with Gasteiger partial charge in [-0.1, -0.05) is 11.2 Å². The predicted octanol–water partition coefficient (Wildman–Crippen LogP) is 2.93. The van der Waals surface area contributed by atoms with Crippen LogP contribution in [0.25, 0.3) is 0 Å². The summed E-state index contributed by atoms with van der Waals surface area (Å²) in [6, 6.07) is 4.57. The smallest absolute Gasteiger partial charge is 0.321 e. The maximum atomic E-state index is 5.12. The van der Waals surface area contributed by atoms with Crippen molar-refractivity contribution in [3.8, 4) is 0 Å². The molecular formula is C11H15N3OS. The Labute approximate surface area is 98.7 Å². The third-order valence-corrected chi connectivity index (χ3v) is 2.74. The highest BCUT2D eigenvalue weighted by molar-refractivity contribution is 7.09. The second kappa shape index (κ2) is 4.25. The number of rotatable bonds is 3. The molecule has 2 aromatic heterocycles. The summed E-state index contributed by atoms with van der Waals surface area (Å²) >= 11 is 1.70. The lowest BCUT2D eigenvalue weighted by Crippen LogP contribution is -2.26. The van der Waals surface area contributed by atoms with E-state index >= 15 is 0 Å². The lowest BCUT2D eigenvalue weighted by Gasteiger charge is -2.17. The van der Waals surface area contributed by atoms with E-state index in [1.165, 1.54) is 4.88 Å². The van der Waals surface area contributed by atoms with Crippen molar-refractivity contribution in [2.24, 2.45) is 0 Å². The molecule has 0 bridgehead atoms. The topological polar surface area (TPSA) is 51.0 Å². The average Bonchev–Trinajstić information content (AvgIpc) is 2.75. The third-order valence-electron chi connectivity index (χ3n) is 1.86. The number of nitrogens with one attached hydrogen (secondary N) is 1. The summed E-state index contributed by atoms with van der Waals surface area (Å²) in [7, 11) is 0. The van der Waals surface area contributed by atoms with E-state index in [0.717, 1.165) is 6.42 Å². The van der Waals surface area contributed by atoms with Gasteiger partial charge >= 0.3 is 6.01 Å². The number of nitrogens with zero attached hydrogens (tertiary/aromatic N) is 2. The average molecular weight is 237 g/mol. The third kappa shape index (κ3) is 3.06. The van der Waals surface area contributed by atoms with Gasteiger partial charge in [-0.05, 0) is 32.2 Å². The van der Waals surface area contributed by atoms with E-state index in [0.29, 0.717) is 11.8 Å². The molecule has 0 saturated heterocycles. The first-order valence-corrected chi connectivity index (χ1v) is 6.04. The van der Waals surface area contributed by atoms with Gasteiger partial charge < -0.3 is 9.84 Å². The summed E-state index contributed by atoms with van der Waals surface area (Å²) in [6.45, 7) is 6.16. The van der Waals surface area contributed by atoms with Crippen molar-refractivity contribution >= 4 is 17.4 Å². The van der Waals surface area contributed by atoms with Crippen LogP contribution in [0.4, 0.5) is 6.01 Å². The first-order valence-electron chi connectivity index (χ1n) is 5.16. The Balaban J connectivity index is 2.03. The van der Waals surface area contributed by atoms with Crippen molar-refractivity contribution in [1.82, 2.24) is 10.1 Å². The monoisotopic (exact) mass is 237 g/mol. The fraction of sp³-hybridized carbons (Fsp3) is 0.455. The van der Waals surface area contributed by atoms with Gasteiger partial charge in [0.15, 0.2) is 5.82 Å². The molecule has 2 heterocycles. The molecule has 0 atom stereocenters. The van der Waals surface area contributed by atoms with Crippen LogP contribution in [0.1, 0.15) is 31.5 Å². The molecule has 1 N–H and O–H groups in total. The van der Waals surface area contributed by atoms with Crippen molar-refractivity contribution in [3.05, 3.63) is 28.2 Å². The molecule has 0 saturated carbocycles. The van der Waals surface area contributed by atoms with E-state index < -0.39 is 0 Å². The summed E-state index contributed by atoms with van der Waals surface area (Å²) in [5.74, 6) is 0.717. The molecule has 86 valence electrons. The second-order valence-corrected chi connectivity index (χ2v) is 5.68. The summed E-state index contributed by atoms with van der Waals surface area (Å²) < 4.78 is 5.12. The molecular weight excluding hydrogens is 222 g/mol. The van der Waals surface area contributed by atoms with Crippen LogP contribution < -0.4 is 5.32 Å². The van der Waals surface area contributed by atoms with Crippen molar-refractivity contribution in [1.29, 1.82) is 0 Å². The van der Waals surface area contributed by atoms with E-state index in [-0.39, 0.29) is 5.54 Å². The molecule has 0 amide bonds. The zero-order valence-corrected chi connectivity index (χ0v) is 10.5. The maximum Gasteiger partial charge on any atom is 0.321 e. The standard InChI is InChI=1S/C11H15N3OS/c1-11(2,3)13-10-12-9(14-15-10)7-8-5-4-6-16-8/h4-6H,7H2,1-3H3,(H,12,13,14). The lowest BCUT2D eigenvalue weighted by atomic mass is 10.1. The lowest BCUT2D eigenvalue weighted by molar-refractivity contribution is 0.413. The van der Waals surface area contributed by atoms with Gasteiger partial charge in [-0.2, -0.15) is 4.98 Å². The van der Waals surface area contributed by atoms with Gasteiger partial charge in [-0.3, -0.25) is 0 Å². The van der Waals surface area contributed by atoms with Crippen LogP contribution in [-0.2, 0) is 6.42 Å². The van der Waals surface area contributed by atoms with Crippen LogP contribution in [0.3, 0.4) is 0 Å². The number of thiophene rings is 1. The van der Waals surface area contributed by atoms with Gasteiger partial charge in [-0.15, -0.1) is 11.3 Å². The Hall–Kier alpha value is -1.36. The van der Waals surface area contributed by atoms with Crippen LogP contribution in [0, 0.1) is 0 Å². The van der Waals surface area contributed by atoms with Crippen LogP contribution in [0.15, 0.2) is 22.0 Å². The minimum atomic E-state index is -0.0628. The maximum absolute atomic E-state index is 5.12. The van der Waals surface area contributed by atoms with E-state index in [9.17, 15) is 0 Å². The van der Waals surface area contributed by atoms with Crippen molar-refractivity contribution in [2.45, 2.75) is 32.7 Å². The minimum Gasteiger partial charge on any atom is -0.333 e. The molecule has 4 nitrogen and oxygen atoms in total. The highest BCUT2D eigenvalue weighted by Gasteiger charge is 2.14. The largest absolute Gasteiger partial charge is 0.333 e. The van der Waals surface area contributed by atoms with Crippen LogP contribution in [-0.4, -0.2) is 15.7 Å². The molecule has 2 aromatic rings. The molecule has 0 aliphatic rings. The molecule has 0 unspecified atom stereocenters. The van der Waals surface area contributed by atoms with Gasteiger partial charge in [-0.25, -0.2) is 0 Å². The van der Waals surface area contributed by atoms with Crippen LogP contribution in [0.2, 0.25) is 0 Å². The van der Waals surface area contributed by atoms with E-state index in [1.807, 2.05) is 11.4 Å². The van der Waals surface area contributed by atoms with Gasteiger partial charge in [0.05, 0.1) is 0 Å². The van der Waals surface area contributed by atoms with Crippen molar-refractivity contribution in [3.63, 3.8) is 0 Å². The Kier molecular flexibility index (Phi) is 2.96. The molecule has 5 heteroatoms. The Morgan fingerprint density at radius 2 is 2.25 bits per heavy atom. The van der Waals surface area contributed by atoms with Gasteiger partial charge in [0.2, 0.25) is 0 Å². The molecule has 0 aliphatic heterocycles. The highest BCUT2D eigenvalue weighted by atomic mass is 32.1. The van der Waals surface area contributed by atoms with Gasteiger partial charge in [0.1, 0.15) is 0 Å². The van der Waals surface area contributed by atoms with Gasteiger partial charge in [0, 0.05) is 16.8 Å². The fourth-order valence-electron chi connectivity index (χ4n) is 1.27. The Bertz CT molecular complexity index is 442. The van der Waals surface area contributed by atoms with Crippen molar-refractivity contribution in [2.75, 3.05) is 5.32 Å².